The molecule has 0 amide bonds. The first-order valence-corrected chi connectivity index (χ1v) is 11.8. The minimum Gasteiger partial charge on any atom is -0.481 e. The van der Waals surface area contributed by atoms with Gasteiger partial charge in [0.2, 0.25) is 5.75 Å². The first-order chi connectivity index (χ1) is 16.7. The number of halogens is 2. The number of nitro benzene ring substituents is 1. The lowest BCUT2D eigenvalue weighted by molar-refractivity contribution is -0.385. The molecule has 0 N–H and O–H groups in total. The highest BCUT2D eigenvalue weighted by Gasteiger charge is 2.21. The second-order valence-electron chi connectivity index (χ2n) is 8.03. The summed E-state index contributed by atoms with van der Waals surface area (Å²) in [5.41, 5.74) is 1.10. The van der Waals surface area contributed by atoms with Crippen LogP contribution in [0.25, 0.3) is 10.9 Å². The van der Waals surface area contributed by atoms with E-state index in [0.717, 1.165) is 10.0 Å². The van der Waals surface area contributed by atoms with Crippen molar-refractivity contribution >= 4 is 50.3 Å². The third-order valence-electron chi connectivity index (χ3n) is 5.14. The van der Waals surface area contributed by atoms with Crippen LogP contribution in [0.15, 0.2) is 75.0 Å². The molecular weight excluding hydrogens is 536 g/mol. The van der Waals surface area contributed by atoms with E-state index >= 15 is 0 Å². The molecule has 4 rings (SSSR count). The number of hydrogen-bond donors (Lipinski definition) is 0. The predicted molar refractivity (Wildman–Crippen MR) is 140 cm³/mol. The van der Waals surface area contributed by atoms with Crippen LogP contribution in [-0.2, 0) is 6.61 Å². The van der Waals surface area contributed by atoms with E-state index in [2.05, 4.69) is 26.0 Å². The number of fused-ring (bicyclic) bond motifs is 1. The second kappa shape index (κ2) is 10.4. The molecular formula is C25H20BrClN4O4. The maximum Gasteiger partial charge on any atom is 0.313 e. The Kier molecular flexibility index (Phi) is 7.28. The number of hydrogen-bond acceptors (Lipinski definition) is 6. The van der Waals surface area contributed by atoms with Crippen LogP contribution in [-0.4, -0.2) is 20.8 Å². The van der Waals surface area contributed by atoms with Crippen molar-refractivity contribution in [2.75, 3.05) is 0 Å². The standard InChI is InChI=1S/C25H20BrClN4O4/c1-15(2)24-29-21-9-8-18(26)12-19(21)25(32)30(24)28-13-17-10-20(27)23(22(11-17)31(33)34)35-14-16-6-4-3-5-7-16/h3-13,15H,14H2,1-2H3. The van der Waals surface area contributed by atoms with Crippen molar-refractivity contribution in [3.8, 4) is 5.75 Å². The summed E-state index contributed by atoms with van der Waals surface area (Å²) in [7, 11) is 0. The molecule has 8 nitrogen and oxygen atoms in total. The molecule has 1 heterocycles. The molecule has 0 aliphatic rings. The summed E-state index contributed by atoms with van der Waals surface area (Å²) in [5, 5.41) is 16.5. The number of aromatic nitrogens is 2. The largest absolute Gasteiger partial charge is 0.481 e. The van der Waals surface area contributed by atoms with Crippen LogP contribution in [0, 0.1) is 10.1 Å². The van der Waals surface area contributed by atoms with Gasteiger partial charge in [0.05, 0.1) is 27.1 Å². The minimum atomic E-state index is -0.565. The lowest BCUT2D eigenvalue weighted by Crippen LogP contribution is -2.23. The first-order valence-electron chi connectivity index (χ1n) is 10.7. The van der Waals surface area contributed by atoms with Crippen LogP contribution in [0.5, 0.6) is 5.75 Å². The topological polar surface area (TPSA) is 99.6 Å². The molecule has 0 radical (unpaired) electrons. The van der Waals surface area contributed by atoms with Gasteiger partial charge in [-0.25, -0.2) is 4.98 Å². The van der Waals surface area contributed by atoms with E-state index in [1.807, 2.05) is 50.2 Å². The summed E-state index contributed by atoms with van der Waals surface area (Å²) >= 11 is 9.73. The van der Waals surface area contributed by atoms with Gasteiger partial charge >= 0.3 is 5.69 Å². The zero-order valence-electron chi connectivity index (χ0n) is 18.8. The highest BCUT2D eigenvalue weighted by Crippen LogP contribution is 2.36. The molecule has 0 aliphatic carbocycles. The second-order valence-corrected chi connectivity index (χ2v) is 9.35. The Labute approximate surface area is 214 Å². The molecule has 0 atom stereocenters. The number of nitro groups is 1. The van der Waals surface area contributed by atoms with Crippen molar-refractivity contribution in [1.29, 1.82) is 0 Å². The van der Waals surface area contributed by atoms with Crippen LogP contribution >= 0.6 is 27.5 Å². The fourth-order valence-electron chi connectivity index (χ4n) is 3.46. The molecule has 0 saturated heterocycles. The van der Waals surface area contributed by atoms with Gasteiger partial charge in [-0.05, 0) is 29.8 Å². The van der Waals surface area contributed by atoms with Crippen LogP contribution in [0.4, 0.5) is 5.69 Å². The van der Waals surface area contributed by atoms with Gasteiger partial charge in [-0.3, -0.25) is 14.9 Å². The molecule has 35 heavy (non-hydrogen) atoms. The van der Waals surface area contributed by atoms with Gasteiger partial charge in [-0.15, -0.1) is 0 Å². The molecule has 4 aromatic rings. The zero-order valence-corrected chi connectivity index (χ0v) is 21.2. The molecule has 10 heteroatoms. The average molecular weight is 556 g/mol. The fraction of sp³-hybridized carbons (Fsp3) is 0.160. The van der Waals surface area contributed by atoms with Crippen LogP contribution < -0.4 is 10.3 Å². The van der Waals surface area contributed by atoms with Gasteiger partial charge in [0.25, 0.3) is 5.56 Å². The van der Waals surface area contributed by atoms with Crippen LogP contribution in [0.2, 0.25) is 5.02 Å². The summed E-state index contributed by atoms with van der Waals surface area (Å²) in [6.07, 6.45) is 1.35. The van der Waals surface area contributed by atoms with E-state index in [0.29, 0.717) is 22.3 Å². The number of rotatable bonds is 7. The summed E-state index contributed by atoms with van der Waals surface area (Å²) in [6.45, 7) is 3.93. The minimum absolute atomic E-state index is 0.0325. The number of nitrogens with zero attached hydrogens (tertiary/aromatic N) is 4. The summed E-state index contributed by atoms with van der Waals surface area (Å²) in [5.74, 6) is 0.332. The van der Waals surface area contributed by atoms with Gasteiger partial charge < -0.3 is 4.74 Å². The van der Waals surface area contributed by atoms with E-state index in [1.54, 1.807) is 12.1 Å². The van der Waals surface area contributed by atoms with Gasteiger partial charge in [0, 0.05) is 22.0 Å². The molecule has 0 bridgehead atoms. The normalized spacial score (nSPS) is 11.5. The third kappa shape index (κ3) is 5.41. The Hall–Kier alpha value is -3.56. The monoisotopic (exact) mass is 554 g/mol. The van der Waals surface area contributed by atoms with Gasteiger partial charge in [0.15, 0.2) is 0 Å². The van der Waals surface area contributed by atoms with Gasteiger partial charge in [-0.1, -0.05) is 71.7 Å². The predicted octanol–water partition coefficient (Wildman–Crippen LogP) is 6.31. The highest BCUT2D eigenvalue weighted by molar-refractivity contribution is 9.10. The fourth-order valence-corrected chi connectivity index (χ4v) is 4.10. The molecule has 0 fully saturated rings. The van der Waals surface area contributed by atoms with Crippen molar-refractivity contribution < 1.29 is 9.66 Å². The van der Waals surface area contributed by atoms with Crippen molar-refractivity contribution in [3.63, 3.8) is 0 Å². The summed E-state index contributed by atoms with van der Waals surface area (Å²) < 4.78 is 7.62. The molecule has 3 aromatic carbocycles. The Morgan fingerprint density at radius 2 is 1.94 bits per heavy atom. The Morgan fingerprint density at radius 3 is 2.63 bits per heavy atom. The van der Waals surface area contributed by atoms with E-state index in [1.165, 1.54) is 23.0 Å². The van der Waals surface area contributed by atoms with Crippen molar-refractivity contribution in [2.24, 2.45) is 5.10 Å². The van der Waals surface area contributed by atoms with Gasteiger partial charge in [-0.2, -0.15) is 9.78 Å². The van der Waals surface area contributed by atoms with E-state index in [-0.39, 0.29) is 34.5 Å². The van der Waals surface area contributed by atoms with Crippen molar-refractivity contribution in [3.05, 3.63) is 108 Å². The Bertz CT molecular complexity index is 1500. The lowest BCUT2D eigenvalue weighted by atomic mass is 10.2. The van der Waals surface area contributed by atoms with Crippen LogP contribution in [0.3, 0.4) is 0 Å². The molecule has 0 saturated carbocycles. The Balaban J connectivity index is 1.73. The molecule has 1 aromatic heterocycles. The number of ether oxygens (including phenoxy) is 1. The van der Waals surface area contributed by atoms with E-state index in [9.17, 15) is 14.9 Å². The van der Waals surface area contributed by atoms with Crippen LogP contribution in [0.1, 0.15) is 36.7 Å². The molecule has 178 valence electrons. The maximum absolute atomic E-state index is 13.2. The quantitative estimate of drug-likeness (QED) is 0.151. The zero-order chi connectivity index (χ0) is 25.1. The maximum atomic E-state index is 13.2. The highest BCUT2D eigenvalue weighted by atomic mass is 79.9. The third-order valence-corrected chi connectivity index (χ3v) is 5.92. The smallest absolute Gasteiger partial charge is 0.313 e. The lowest BCUT2D eigenvalue weighted by Gasteiger charge is -2.12. The van der Waals surface area contributed by atoms with Gasteiger partial charge in [0.1, 0.15) is 12.4 Å². The molecule has 0 unspecified atom stereocenters. The first kappa shape index (κ1) is 24.6. The number of benzene rings is 3. The average Bonchev–Trinajstić information content (AvgIpc) is 2.83. The van der Waals surface area contributed by atoms with E-state index < -0.39 is 4.92 Å². The SMILES string of the molecule is CC(C)c1nc2ccc(Br)cc2c(=O)n1N=Cc1cc(Cl)c(OCc2ccccc2)c([N+](=O)[O-])c1. The molecule has 0 aliphatic heterocycles. The summed E-state index contributed by atoms with van der Waals surface area (Å²) in [4.78, 5) is 28.9. The summed E-state index contributed by atoms with van der Waals surface area (Å²) in [6, 6.07) is 17.3. The van der Waals surface area contributed by atoms with Crippen molar-refractivity contribution in [1.82, 2.24) is 9.66 Å². The van der Waals surface area contributed by atoms with E-state index in [4.69, 9.17) is 16.3 Å². The molecule has 0 spiro atoms. The van der Waals surface area contributed by atoms with Crippen molar-refractivity contribution in [2.45, 2.75) is 26.4 Å². The Morgan fingerprint density at radius 1 is 1.20 bits per heavy atom.